The minimum absolute atomic E-state index is 0. The fourth-order valence-corrected chi connectivity index (χ4v) is 11.3. The van der Waals surface area contributed by atoms with Gasteiger partial charge in [-0.05, 0) is 71.1 Å². The Morgan fingerprint density at radius 3 is 2.26 bits per heavy atom. The summed E-state index contributed by atoms with van der Waals surface area (Å²) in [5, 5.41) is 4.61. The molecule has 0 spiro atoms. The average Bonchev–Trinajstić information content (AvgIpc) is 3.22. The normalized spacial score (nSPS) is 26.0. The van der Waals surface area contributed by atoms with E-state index in [1.807, 2.05) is 0 Å². The topological polar surface area (TPSA) is 17.3 Å². The molecular weight excluding hydrogens is 523 g/mol. The number of halogens is 2. The monoisotopic (exact) mass is 560 g/mol. The SMILES string of the molecule is CC1CC2C(c3cccc(-c4ccccc4)c3)=CC=CC2C1[Si](C)(C)N1CC[N-]CC1.[CH3-].[Cl][Ti][Cl]. The van der Waals surface area contributed by atoms with Crippen LogP contribution < -0.4 is 0 Å². The first-order valence-electron chi connectivity index (χ1n) is 12.4. The van der Waals surface area contributed by atoms with Gasteiger partial charge in [-0.3, -0.25) is 0 Å². The fraction of sp³-hybridized carbons (Fsp3) is 0.414. The zero-order valence-corrected chi connectivity index (χ0v) is 25.5. The summed E-state index contributed by atoms with van der Waals surface area (Å²) in [5.74, 6) is 2.10. The molecule has 2 aliphatic carbocycles. The van der Waals surface area contributed by atoms with Crippen LogP contribution in [0.2, 0.25) is 18.6 Å². The molecule has 5 rings (SSSR count). The van der Waals surface area contributed by atoms with Crippen LogP contribution in [-0.2, 0) is 17.0 Å². The molecule has 0 aromatic heterocycles. The maximum atomic E-state index is 4.89. The van der Waals surface area contributed by atoms with Gasteiger partial charge < -0.3 is 17.3 Å². The predicted molar refractivity (Wildman–Crippen MR) is 154 cm³/mol. The van der Waals surface area contributed by atoms with E-state index in [1.165, 1.54) is 36.2 Å². The van der Waals surface area contributed by atoms with Crippen LogP contribution >= 0.6 is 18.6 Å². The quantitative estimate of drug-likeness (QED) is 0.270. The third kappa shape index (κ3) is 6.44. The van der Waals surface area contributed by atoms with Gasteiger partial charge in [-0.2, -0.15) is 0 Å². The van der Waals surface area contributed by atoms with Crippen LogP contribution in [0.3, 0.4) is 0 Å². The summed E-state index contributed by atoms with van der Waals surface area (Å²) in [7, 11) is 8.24. The summed E-state index contributed by atoms with van der Waals surface area (Å²) in [6.07, 6.45) is 8.61. The molecule has 1 heterocycles. The summed E-state index contributed by atoms with van der Waals surface area (Å²) >= 11 is -0.556. The van der Waals surface area contributed by atoms with E-state index >= 15 is 0 Å². The number of allylic oxidation sites excluding steroid dienone is 4. The third-order valence-electron chi connectivity index (χ3n) is 8.12. The zero-order valence-electron chi connectivity index (χ0n) is 21.4. The fourth-order valence-electron chi connectivity index (χ4n) is 6.71. The Labute approximate surface area is 230 Å². The molecular formula is C29H38Cl2N2SiTi-2. The van der Waals surface area contributed by atoms with Gasteiger partial charge in [0.15, 0.2) is 0 Å². The van der Waals surface area contributed by atoms with Crippen LogP contribution in [0, 0.1) is 25.2 Å². The van der Waals surface area contributed by atoms with Gasteiger partial charge >= 0.3 is 35.6 Å². The summed E-state index contributed by atoms with van der Waals surface area (Å²) < 4.78 is 2.85. The van der Waals surface area contributed by atoms with Gasteiger partial charge in [0.2, 0.25) is 0 Å². The molecule has 2 aromatic rings. The Morgan fingerprint density at radius 1 is 0.943 bits per heavy atom. The number of rotatable bonds is 4. The zero-order chi connectivity index (χ0) is 24.1. The molecule has 3 aliphatic rings. The molecule has 35 heavy (non-hydrogen) atoms. The minimum atomic E-state index is -1.54. The standard InChI is InChI=1S/C28H35N2Si.CH3.2ClH.Ti/c1-21-19-27-25(24-12-7-11-23(20-24)22-9-5-4-6-10-22)13-8-14-26(27)28(21)31(2,3)30-17-15-29-16-18-30;;;;/h4-14,20-21,26-28H,15-19H2,1-3H3;1H3;2*1H;/q2*-1;;;+2/p-2. The second kappa shape index (κ2) is 13.2. The summed E-state index contributed by atoms with van der Waals surface area (Å²) in [4.78, 5) is 0. The van der Waals surface area contributed by atoms with Crippen molar-refractivity contribution in [2.24, 2.45) is 17.8 Å². The molecule has 0 radical (unpaired) electrons. The summed E-state index contributed by atoms with van der Waals surface area (Å²) in [6, 6.07) is 20.0. The first-order valence-corrected chi connectivity index (χ1v) is 19.7. The first-order chi connectivity index (χ1) is 16.5. The number of hydrogen-bond donors (Lipinski definition) is 0. The molecule has 2 fully saturated rings. The van der Waals surface area contributed by atoms with E-state index in [-0.39, 0.29) is 7.43 Å². The molecule has 4 atom stereocenters. The van der Waals surface area contributed by atoms with Gasteiger partial charge in [0.25, 0.3) is 0 Å². The van der Waals surface area contributed by atoms with Gasteiger partial charge in [-0.1, -0.05) is 86.8 Å². The predicted octanol–water partition coefficient (Wildman–Crippen LogP) is 8.67. The van der Waals surface area contributed by atoms with Crippen LogP contribution in [0.25, 0.3) is 22.0 Å². The molecule has 6 heteroatoms. The number of benzene rings is 2. The van der Waals surface area contributed by atoms with Crippen LogP contribution in [0.1, 0.15) is 18.9 Å². The third-order valence-corrected chi connectivity index (χ3v) is 12.8. The van der Waals surface area contributed by atoms with Crippen molar-refractivity contribution in [1.82, 2.24) is 4.57 Å². The first kappa shape index (κ1) is 28.9. The molecule has 0 amide bonds. The summed E-state index contributed by atoms with van der Waals surface area (Å²) in [6.45, 7) is 12.2. The van der Waals surface area contributed by atoms with Crippen molar-refractivity contribution < 1.29 is 17.0 Å². The van der Waals surface area contributed by atoms with Gasteiger partial charge in [-0.15, -0.1) is 13.1 Å². The van der Waals surface area contributed by atoms with Crippen molar-refractivity contribution in [1.29, 1.82) is 0 Å². The van der Waals surface area contributed by atoms with Crippen LogP contribution in [-0.4, -0.2) is 39.0 Å². The van der Waals surface area contributed by atoms with Crippen molar-refractivity contribution >= 4 is 32.4 Å². The van der Waals surface area contributed by atoms with E-state index in [9.17, 15) is 0 Å². The molecule has 0 bridgehead atoms. The van der Waals surface area contributed by atoms with E-state index in [0.29, 0.717) is 11.8 Å². The van der Waals surface area contributed by atoms with E-state index in [1.54, 1.807) is 5.57 Å². The molecule has 2 aromatic carbocycles. The molecule has 2 nitrogen and oxygen atoms in total. The second-order valence-corrected chi connectivity index (χ2v) is 17.4. The number of nitrogens with zero attached hydrogens (tertiary/aromatic N) is 2. The molecule has 4 unspecified atom stereocenters. The van der Waals surface area contributed by atoms with Crippen LogP contribution in [0.5, 0.6) is 0 Å². The van der Waals surface area contributed by atoms with Crippen LogP contribution in [0.15, 0.2) is 72.8 Å². The van der Waals surface area contributed by atoms with Gasteiger partial charge in [0, 0.05) is 0 Å². The average molecular weight is 561 g/mol. The van der Waals surface area contributed by atoms with Crippen molar-refractivity contribution in [3.8, 4) is 11.1 Å². The molecule has 0 N–H and O–H groups in total. The van der Waals surface area contributed by atoms with E-state index in [0.717, 1.165) is 24.5 Å². The molecule has 1 aliphatic heterocycles. The van der Waals surface area contributed by atoms with Crippen molar-refractivity contribution in [3.63, 3.8) is 0 Å². The number of piperazine rings is 1. The Hall–Kier alpha value is -0.649. The second-order valence-electron chi connectivity index (χ2n) is 10.3. The summed E-state index contributed by atoms with van der Waals surface area (Å²) in [5.41, 5.74) is 6.39. The Balaban J connectivity index is 0.000000815. The van der Waals surface area contributed by atoms with Gasteiger partial charge in [0.05, 0.1) is 0 Å². The Bertz CT molecular complexity index is 1000. The Kier molecular flexibility index (Phi) is 10.9. The van der Waals surface area contributed by atoms with Crippen molar-refractivity contribution in [2.45, 2.75) is 32.0 Å². The number of hydrogen-bond acceptors (Lipinski definition) is 1. The molecule has 188 valence electrons. The van der Waals surface area contributed by atoms with Crippen molar-refractivity contribution in [3.05, 3.63) is 91.1 Å². The van der Waals surface area contributed by atoms with Gasteiger partial charge in [-0.25, -0.2) is 0 Å². The van der Waals surface area contributed by atoms with Crippen LogP contribution in [0.4, 0.5) is 0 Å². The Morgan fingerprint density at radius 2 is 1.57 bits per heavy atom. The molecule has 1 saturated heterocycles. The number of fused-ring (bicyclic) bond motifs is 1. The van der Waals surface area contributed by atoms with Crippen molar-refractivity contribution in [2.75, 3.05) is 26.2 Å². The van der Waals surface area contributed by atoms with E-state index in [2.05, 4.69) is 103 Å². The van der Waals surface area contributed by atoms with E-state index in [4.69, 9.17) is 18.6 Å². The van der Waals surface area contributed by atoms with E-state index < -0.39 is 25.3 Å². The molecule has 1 saturated carbocycles. The van der Waals surface area contributed by atoms with Gasteiger partial charge in [0.1, 0.15) is 8.24 Å². The maximum absolute atomic E-state index is 4.89.